The maximum atomic E-state index is 12.5. The zero-order valence-electron chi connectivity index (χ0n) is 18.4. The van der Waals surface area contributed by atoms with Gasteiger partial charge in [0.05, 0.1) is 13.0 Å². The van der Waals surface area contributed by atoms with Crippen LogP contribution in [-0.4, -0.2) is 37.9 Å². The monoisotopic (exact) mass is 479 g/mol. The third-order valence-corrected chi connectivity index (χ3v) is 5.67. The van der Waals surface area contributed by atoms with E-state index in [1.54, 1.807) is 67.8 Å². The Morgan fingerprint density at radius 1 is 0.971 bits per heavy atom. The van der Waals surface area contributed by atoms with E-state index in [9.17, 15) is 14.4 Å². The molecule has 0 spiro atoms. The number of methoxy groups -OCH3 is 1. The highest BCUT2D eigenvalue weighted by Gasteiger charge is 2.36. The number of anilines is 1. The fourth-order valence-corrected chi connectivity index (χ4v) is 3.74. The predicted molar refractivity (Wildman–Crippen MR) is 127 cm³/mol. The van der Waals surface area contributed by atoms with Crippen LogP contribution >= 0.6 is 11.6 Å². The molecular weight excluding hydrogens is 458 g/mol. The molecule has 34 heavy (non-hydrogen) atoms. The van der Waals surface area contributed by atoms with Crippen LogP contribution in [0.3, 0.4) is 0 Å². The second-order valence-electron chi connectivity index (χ2n) is 7.69. The Hall–Kier alpha value is -3.84. The summed E-state index contributed by atoms with van der Waals surface area (Å²) < 4.78 is 16.3. The van der Waals surface area contributed by atoms with Crippen LogP contribution in [0.2, 0.25) is 5.02 Å². The molecule has 4 rings (SSSR count). The summed E-state index contributed by atoms with van der Waals surface area (Å²) in [5.74, 6) is 0.0187. The second kappa shape index (κ2) is 10.4. The number of carbonyl (C=O) groups excluding carboxylic acids is 3. The van der Waals surface area contributed by atoms with E-state index in [2.05, 4.69) is 0 Å². The lowest BCUT2D eigenvalue weighted by Crippen LogP contribution is -2.27. The topological polar surface area (TPSA) is 82.1 Å². The van der Waals surface area contributed by atoms with Gasteiger partial charge in [-0.15, -0.1) is 0 Å². The highest BCUT2D eigenvalue weighted by atomic mass is 35.5. The molecule has 8 heteroatoms. The minimum Gasteiger partial charge on any atom is -0.493 e. The molecule has 3 aromatic carbocycles. The van der Waals surface area contributed by atoms with Crippen molar-refractivity contribution in [1.82, 2.24) is 0 Å². The van der Waals surface area contributed by atoms with Gasteiger partial charge < -0.3 is 19.1 Å². The van der Waals surface area contributed by atoms with E-state index >= 15 is 0 Å². The van der Waals surface area contributed by atoms with Crippen LogP contribution in [0, 0.1) is 5.92 Å². The van der Waals surface area contributed by atoms with Crippen LogP contribution in [0.1, 0.15) is 16.8 Å². The Labute approximate surface area is 201 Å². The Morgan fingerprint density at radius 2 is 1.65 bits per heavy atom. The van der Waals surface area contributed by atoms with E-state index in [4.69, 9.17) is 25.8 Å². The van der Waals surface area contributed by atoms with Crippen LogP contribution in [0.4, 0.5) is 5.69 Å². The lowest BCUT2D eigenvalue weighted by atomic mass is 10.1. The molecule has 0 bridgehead atoms. The van der Waals surface area contributed by atoms with Gasteiger partial charge in [0.15, 0.2) is 23.9 Å². The van der Waals surface area contributed by atoms with Crippen LogP contribution in [-0.2, 0) is 14.3 Å². The zero-order chi connectivity index (χ0) is 24.1. The molecule has 7 nitrogen and oxygen atoms in total. The number of hydrogen-bond acceptors (Lipinski definition) is 6. The minimum atomic E-state index is -0.643. The molecular formula is C26H22ClNO6. The molecule has 1 aliphatic rings. The molecule has 1 heterocycles. The number of ether oxygens (including phenoxy) is 3. The molecule has 0 N–H and O–H groups in total. The number of esters is 1. The molecule has 0 aromatic heterocycles. The molecule has 0 saturated carbocycles. The number of amides is 1. The molecule has 1 fully saturated rings. The normalized spacial score (nSPS) is 15.2. The average Bonchev–Trinajstić information content (AvgIpc) is 3.25. The molecule has 1 atom stereocenters. The average molecular weight is 480 g/mol. The summed E-state index contributed by atoms with van der Waals surface area (Å²) in [6.45, 7) is -0.209. The summed E-state index contributed by atoms with van der Waals surface area (Å²) in [7, 11) is 1.57. The van der Waals surface area contributed by atoms with Crippen LogP contribution in [0.5, 0.6) is 17.2 Å². The summed E-state index contributed by atoms with van der Waals surface area (Å²) in [6, 6.07) is 20.6. The molecule has 174 valence electrons. The van der Waals surface area contributed by atoms with Gasteiger partial charge in [0.25, 0.3) is 0 Å². The first-order valence-electron chi connectivity index (χ1n) is 10.6. The molecule has 1 amide bonds. The van der Waals surface area contributed by atoms with Gasteiger partial charge in [-0.25, -0.2) is 0 Å². The molecule has 1 saturated heterocycles. The SMILES string of the molecule is COc1ccccc1Oc1ccc(N2C[C@H](C(=O)OCC(=O)c3ccc(Cl)cc3)CC2=O)cc1. The number of nitrogens with zero attached hydrogens (tertiary/aromatic N) is 1. The van der Waals surface area contributed by atoms with Gasteiger partial charge >= 0.3 is 5.97 Å². The van der Waals surface area contributed by atoms with E-state index in [1.807, 2.05) is 12.1 Å². The van der Waals surface area contributed by atoms with Crippen LogP contribution in [0.15, 0.2) is 72.8 Å². The highest BCUT2D eigenvalue weighted by Crippen LogP contribution is 2.33. The number of benzene rings is 3. The molecule has 1 aliphatic heterocycles. The fraction of sp³-hybridized carbons (Fsp3) is 0.192. The Morgan fingerprint density at radius 3 is 2.32 bits per heavy atom. The van der Waals surface area contributed by atoms with Gasteiger partial charge in [-0.05, 0) is 60.7 Å². The van der Waals surface area contributed by atoms with E-state index in [0.29, 0.717) is 33.5 Å². The quantitative estimate of drug-likeness (QED) is 0.337. The molecule has 0 radical (unpaired) electrons. The van der Waals surface area contributed by atoms with Crippen molar-refractivity contribution in [1.29, 1.82) is 0 Å². The van der Waals surface area contributed by atoms with Crippen LogP contribution in [0.25, 0.3) is 0 Å². The van der Waals surface area contributed by atoms with E-state index < -0.39 is 11.9 Å². The Kier molecular flexibility index (Phi) is 7.13. The number of hydrogen-bond donors (Lipinski definition) is 0. The maximum Gasteiger partial charge on any atom is 0.311 e. The predicted octanol–water partition coefficient (Wildman–Crippen LogP) is 4.92. The maximum absolute atomic E-state index is 12.5. The Balaban J connectivity index is 1.34. The van der Waals surface area contributed by atoms with Crippen molar-refractivity contribution in [3.8, 4) is 17.2 Å². The minimum absolute atomic E-state index is 0.0213. The Bertz CT molecular complexity index is 1190. The summed E-state index contributed by atoms with van der Waals surface area (Å²) >= 11 is 5.82. The van der Waals surface area contributed by atoms with Crippen molar-refractivity contribution in [2.75, 3.05) is 25.2 Å². The van der Waals surface area contributed by atoms with Gasteiger partial charge in [0, 0.05) is 29.2 Å². The first-order chi connectivity index (χ1) is 16.4. The summed E-state index contributed by atoms with van der Waals surface area (Å²) in [5.41, 5.74) is 1.04. The molecule has 0 unspecified atom stereocenters. The zero-order valence-corrected chi connectivity index (χ0v) is 19.2. The number of carbonyl (C=O) groups is 3. The van der Waals surface area contributed by atoms with Gasteiger partial charge in [-0.1, -0.05) is 23.7 Å². The van der Waals surface area contributed by atoms with Crippen molar-refractivity contribution in [2.45, 2.75) is 6.42 Å². The van der Waals surface area contributed by atoms with Gasteiger partial charge in [-0.3, -0.25) is 14.4 Å². The van der Waals surface area contributed by atoms with Crippen molar-refractivity contribution in [2.24, 2.45) is 5.92 Å². The molecule has 3 aromatic rings. The van der Waals surface area contributed by atoms with Crippen LogP contribution < -0.4 is 14.4 Å². The number of rotatable bonds is 8. The third kappa shape index (κ3) is 5.38. The van der Waals surface area contributed by atoms with Crippen molar-refractivity contribution < 1.29 is 28.6 Å². The van der Waals surface area contributed by atoms with Crippen molar-refractivity contribution in [3.05, 3.63) is 83.4 Å². The number of halogens is 1. The second-order valence-corrected chi connectivity index (χ2v) is 8.13. The van der Waals surface area contributed by atoms with Crippen molar-refractivity contribution >= 4 is 34.9 Å². The van der Waals surface area contributed by atoms with Gasteiger partial charge in [-0.2, -0.15) is 0 Å². The lowest BCUT2D eigenvalue weighted by molar-refractivity contribution is -0.147. The highest BCUT2D eigenvalue weighted by molar-refractivity contribution is 6.30. The summed E-state index contributed by atoms with van der Waals surface area (Å²) in [6.07, 6.45) is 0.0213. The van der Waals surface area contributed by atoms with E-state index in [-0.39, 0.29) is 31.3 Å². The van der Waals surface area contributed by atoms with E-state index in [0.717, 1.165) is 0 Å². The number of Topliss-reactive ketones (excluding diaryl/α,β-unsaturated/α-hetero) is 1. The van der Waals surface area contributed by atoms with Gasteiger partial charge in [0.1, 0.15) is 5.75 Å². The first kappa shape index (κ1) is 23.3. The van der Waals surface area contributed by atoms with Gasteiger partial charge in [0.2, 0.25) is 5.91 Å². The smallest absolute Gasteiger partial charge is 0.311 e. The molecule has 0 aliphatic carbocycles. The largest absolute Gasteiger partial charge is 0.493 e. The number of para-hydroxylation sites is 2. The summed E-state index contributed by atoms with van der Waals surface area (Å²) in [4.78, 5) is 38.7. The first-order valence-corrected chi connectivity index (χ1v) is 11.0. The standard InChI is InChI=1S/C26H22ClNO6/c1-32-23-4-2-3-5-24(23)34-21-12-10-20(11-13-21)28-15-18(14-25(28)30)26(31)33-16-22(29)17-6-8-19(27)9-7-17/h2-13,18H,14-16H2,1H3/t18-/m1/s1. The third-order valence-electron chi connectivity index (χ3n) is 5.42. The van der Waals surface area contributed by atoms with E-state index in [1.165, 1.54) is 4.90 Å². The van der Waals surface area contributed by atoms with Crippen molar-refractivity contribution in [3.63, 3.8) is 0 Å². The number of ketones is 1. The lowest BCUT2D eigenvalue weighted by Gasteiger charge is -2.17. The summed E-state index contributed by atoms with van der Waals surface area (Å²) in [5, 5.41) is 0.512. The fourth-order valence-electron chi connectivity index (χ4n) is 3.61.